The van der Waals surface area contributed by atoms with Crippen LogP contribution in [0.15, 0.2) is 0 Å². The molecule has 2 atom stereocenters. The van der Waals surface area contributed by atoms with Crippen molar-refractivity contribution in [3.63, 3.8) is 0 Å². The van der Waals surface area contributed by atoms with E-state index < -0.39 is 0 Å². The Kier molecular flexibility index (Phi) is 7.06. The average molecular weight is 227 g/mol. The fourth-order valence-electron chi connectivity index (χ4n) is 1.88. The molecule has 96 valence electrons. The highest BCUT2D eigenvalue weighted by Gasteiger charge is 2.21. The molecular formula is C14H29NO. The molecule has 1 saturated carbocycles. The molecule has 0 amide bonds. The van der Waals surface area contributed by atoms with Crippen LogP contribution in [0.4, 0.5) is 0 Å². The summed E-state index contributed by atoms with van der Waals surface area (Å²) < 4.78 is 5.91. The highest BCUT2D eigenvalue weighted by atomic mass is 16.5. The maximum Gasteiger partial charge on any atom is 0.0671 e. The zero-order chi connectivity index (χ0) is 11.8. The lowest BCUT2D eigenvalue weighted by Crippen LogP contribution is -2.29. The third-order valence-corrected chi connectivity index (χ3v) is 3.43. The molecule has 0 aliphatic heterocycles. The molecule has 0 spiro atoms. The summed E-state index contributed by atoms with van der Waals surface area (Å²) in [4.78, 5) is 0. The van der Waals surface area contributed by atoms with Gasteiger partial charge in [-0.2, -0.15) is 0 Å². The molecule has 1 fully saturated rings. The van der Waals surface area contributed by atoms with Gasteiger partial charge in [-0.05, 0) is 32.1 Å². The number of nitrogens with one attached hydrogen (secondary N) is 1. The zero-order valence-corrected chi connectivity index (χ0v) is 11.3. The first-order valence-electron chi connectivity index (χ1n) is 7.11. The van der Waals surface area contributed by atoms with Crippen molar-refractivity contribution in [1.29, 1.82) is 0 Å². The summed E-state index contributed by atoms with van der Waals surface area (Å²) in [6.45, 7) is 8.69. The third-order valence-electron chi connectivity index (χ3n) is 3.43. The van der Waals surface area contributed by atoms with Gasteiger partial charge in [0.15, 0.2) is 0 Å². The molecule has 0 aromatic heterocycles. The summed E-state index contributed by atoms with van der Waals surface area (Å²) in [5.74, 6) is 0.767. The molecule has 16 heavy (non-hydrogen) atoms. The van der Waals surface area contributed by atoms with Crippen LogP contribution >= 0.6 is 0 Å². The van der Waals surface area contributed by atoms with Gasteiger partial charge in [-0.15, -0.1) is 0 Å². The Labute approximate surface area is 101 Å². The molecule has 1 aliphatic carbocycles. The van der Waals surface area contributed by atoms with E-state index in [0.29, 0.717) is 6.10 Å². The molecule has 1 aliphatic rings. The van der Waals surface area contributed by atoms with Gasteiger partial charge in [0, 0.05) is 19.2 Å². The van der Waals surface area contributed by atoms with Crippen LogP contribution in [0.1, 0.15) is 59.3 Å². The zero-order valence-electron chi connectivity index (χ0n) is 11.3. The van der Waals surface area contributed by atoms with Crippen LogP contribution in [0.3, 0.4) is 0 Å². The van der Waals surface area contributed by atoms with Crippen molar-refractivity contribution < 1.29 is 4.74 Å². The summed E-state index contributed by atoms with van der Waals surface area (Å²) in [5.41, 5.74) is 0. The van der Waals surface area contributed by atoms with Crippen molar-refractivity contribution in [3.8, 4) is 0 Å². The second-order valence-corrected chi connectivity index (χ2v) is 5.24. The number of hydrogen-bond acceptors (Lipinski definition) is 2. The molecule has 1 N–H and O–H groups in total. The van der Waals surface area contributed by atoms with Crippen molar-refractivity contribution in [2.45, 2.75) is 71.4 Å². The van der Waals surface area contributed by atoms with E-state index in [-0.39, 0.29) is 0 Å². The first kappa shape index (κ1) is 14.0. The molecule has 0 aromatic carbocycles. The molecule has 0 bridgehead atoms. The van der Waals surface area contributed by atoms with Gasteiger partial charge >= 0.3 is 0 Å². The van der Waals surface area contributed by atoms with E-state index in [4.69, 9.17) is 4.74 Å². The molecule has 2 heteroatoms. The minimum atomic E-state index is 0.372. The Morgan fingerprint density at radius 3 is 2.62 bits per heavy atom. The normalized spacial score (nSPS) is 19.7. The van der Waals surface area contributed by atoms with Crippen molar-refractivity contribution in [1.82, 2.24) is 5.32 Å². The van der Waals surface area contributed by atoms with Crippen molar-refractivity contribution in [2.75, 3.05) is 13.2 Å². The van der Waals surface area contributed by atoms with Crippen molar-refractivity contribution in [2.24, 2.45) is 5.92 Å². The molecule has 2 nitrogen and oxygen atoms in total. The lowest BCUT2D eigenvalue weighted by molar-refractivity contribution is 0.0367. The van der Waals surface area contributed by atoms with Crippen molar-refractivity contribution >= 4 is 0 Å². The van der Waals surface area contributed by atoms with Crippen LogP contribution < -0.4 is 5.32 Å². The first-order chi connectivity index (χ1) is 7.76. The Bertz CT molecular complexity index is 168. The predicted molar refractivity (Wildman–Crippen MR) is 69.7 cm³/mol. The monoisotopic (exact) mass is 227 g/mol. The topological polar surface area (TPSA) is 21.3 Å². The van der Waals surface area contributed by atoms with Gasteiger partial charge in [0.2, 0.25) is 0 Å². The fraction of sp³-hybridized carbons (Fsp3) is 1.00. The second kappa shape index (κ2) is 8.08. The van der Waals surface area contributed by atoms with E-state index in [0.717, 1.165) is 25.1 Å². The standard InChI is InChI=1S/C14H29NO/c1-4-6-7-13(5-2)11-16-12(3)10-15-14-8-9-14/h12-15H,4-11H2,1-3H3. The molecule has 0 radical (unpaired) electrons. The number of rotatable bonds is 10. The quantitative estimate of drug-likeness (QED) is 0.618. The molecule has 2 unspecified atom stereocenters. The largest absolute Gasteiger partial charge is 0.377 e. The van der Waals surface area contributed by atoms with Crippen LogP contribution in [-0.4, -0.2) is 25.3 Å². The van der Waals surface area contributed by atoms with E-state index in [1.165, 1.54) is 38.5 Å². The van der Waals surface area contributed by atoms with E-state index in [2.05, 4.69) is 26.1 Å². The smallest absolute Gasteiger partial charge is 0.0671 e. The number of ether oxygens (including phenoxy) is 1. The lowest BCUT2D eigenvalue weighted by atomic mass is 10.0. The van der Waals surface area contributed by atoms with Crippen LogP contribution in [0.2, 0.25) is 0 Å². The maximum atomic E-state index is 5.91. The van der Waals surface area contributed by atoms with Gasteiger partial charge in [0.25, 0.3) is 0 Å². The molecular weight excluding hydrogens is 198 g/mol. The molecule has 0 saturated heterocycles. The predicted octanol–water partition coefficient (Wildman–Crippen LogP) is 3.36. The molecule has 1 rings (SSSR count). The van der Waals surface area contributed by atoms with Crippen LogP contribution in [0.25, 0.3) is 0 Å². The Morgan fingerprint density at radius 1 is 1.31 bits per heavy atom. The van der Waals surface area contributed by atoms with Crippen molar-refractivity contribution in [3.05, 3.63) is 0 Å². The highest BCUT2D eigenvalue weighted by Crippen LogP contribution is 2.18. The summed E-state index contributed by atoms with van der Waals surface area (Å²) in [6.07, 6.45) is 8.32. The molecule has 0 heterocycles. The van der Waals surface area contributed by atoms with Crippen LogP contribution in [-0.2, 0) is 4.74 Å². The first-order valence-corrected chi connectivity index (χ1v) is 7.11. The van der Waals surface area contributed by atoms with Gasteiger partial charge in [0.05, 0.1) is 6.10 Å². The Morgan fingerprint density at radius 2 is 2.06 bits per heavy atom. The average Bonchev–Trinajstić information content (AvgIpc) is 3.10. The van der Waals surface area contributed by atoms with E-state index >= 15 is 0 Å². The van der Waals surface area contributed by atoms with E-state index in [1.54, 1.807) is 0 Å². The maximum absolute atomic E-state index is 5.91. The third kappa shape index (κ3) is 6.49. The number of hydrogen-bond donors (Lipinski definition) is 1. The Balaban J connectivity index is 2.00. The Hall–Kier alpha value is -0.0800. The second-order valence-electron chi connectivity index (χ2n) is 5.24. The van der Waals surface area contributed by atoms with Gasteiger partial charge in [0.1, 0.15) is 0 Å². The highest BCUT2D eigenvalue weighted by molar-refractivity contribution is 4.81. The summed E-state index contributed by atoms with van der Waals surface area (Å²) in [5, 5.41) is 3.52. The van der Waals surface area contributed by atoms with Gasteiger partial charge in [-0.25, -0.2) is 0 Å². The van der Waals surface area contributed by atoms with E-state index in [9.17, 15) is 0 Å². The van der Waals surface area contributed by atoms with Gasteiger partial charge in [-0.3, -0.25) is 0 Å². The lowest BCUT2D eigenvalue weighted by Gasteiger charge is -2.19. The SMILES string of the molecule is CCCCC(CC)COC(C)CNC1CC1. The van der Waals surface area contributed by atoms with Gasteiger partial charge in [-0.1, -0.05) is 33.1 Å². The summed E-state index contributed by atoms with van der Waals surface area (Å²) >= 11 is 0. The van der Waals surface area contributed by atoms with Crippen LogP contribution in [0.5, 0.6) is 0 Å². The van der Waals surface area contributed by atoms with E-state index in [1.807, 2.05) is 0 Å². The summed E-state index contributed by atoms with van der Waals surface area (Å²) in [7, 11) is 0. The number of unbranched alkanes of at least 4 members (excludes halogenated alkanes) is 1. The van der Waals surface area contributed by atoms with Gasteiger partial charge < -0.3 is 10.1 Å². The minimum Gasteiger partial charge on any atom is -0.377 e. The minimum absolute atomic E-state index is 0.372. The molecule has 0 aromatic rings. The van der Waals surface area contributed by atoms with Crippen LogP contribution in [0, 0.1) is 5.92 Å². The fourth-order valence-corrected chi connectivity index (χ4v) is 1.88. The summed E-state index contributed by atoms with van der Waals surface area (Å²) in [6, 6.07) is 0.799.